The fourth-order valence-electron chi connectivity index (χ4n) is 1.49. The van der Waals surface area contributed by atoms with E-state index in [9.17, 15) is 4.39 Å². The molecule has 2 aromatic rings. The molecule has 0 aliphatic rings. The predicted octanol–water partition coefficient (Wildman–Crippen LogP) is 4.27. The van der Waals surface area contributed by atoms with Crippen molar-refractivity contribution in [2.75, 3.05) is 5.73 Å². The van der Waals surface area contributed by atoms with Gasteiger partial charge in [0.05, 0.1) is 5.69 Å². The fourth-order valence-corrected chi connectivity index (χ4v) is 1.84. The molecule has 0 unspecified atom stereocenters. The first-order valence-corrected chi connectivity index (χ1v) is 5.84. The maximum atomic E-state index is 13.2. The number of benzene rings is 2. The highest BCUT2D eigenvalue weighted by atomic mass is 79.9. The summed E-state index contributed by atoms with van der Waals surface area (Å²) < 4.78 is 19.5. The Morgan fingerprint density at radius 1 is 1.24 bits per heavy atom. The number of hydrogen-bond donors (Lipinski definition) is 1. The Morgan fingerprint density at radius 2 is 2.00 bits per heavy atom. The van der Waals surface area contributed by atoms with Gasteiger partial charge in [-0.15, -0.1) is 0 Å². The molecule has 0 fully saturated rings. The molecule has 0 bridgehead atoms. The molecule has 88 valence electrons. The van der Waals surface area contributed by atoms with Crippen molar-refractivity contribution in [2.45, 2.75) is 6.92 Å². The molecule has 0 amide bonds. The maximum absolute atomic E-state index is 13.2. The summed E-state index contributed by atoms with van der Waals surface area (Å²) >= 11 is 3.31. The molecule has 0 aromatic heterocycles. The largest absolute Gasteiger partial charge is 0.455 e. The van der Waals surface area contributed by atoms with Crippen LogP contribution < -0.4 is 10.5 Å². The first-order chi connectivity index (χ1) is 8.06. The molecule has 2 nitrogen and oxygen atoms in total. The molecule has 0 spiro atoms. The average Bonchev–Trinajstić information content (AvgIpc) is 2.23. The quantitative estimate of drug-likeness (QED) is 0.840. The second-order valence-electron chi connectivity index (χ2n) is 3.72. The zero-order chi connectivity index (χ0) is 12.4. The number of anilines is 1. The van der Waals surface area contributed by atoms with Crippen LogP contribution in [-0.2, 0) is 0 Å². The Labute approximate surface area is 107 Å². The minimum atomic E-state index is -0.325. The number of nitrogen functional groups attached to an aromatic ring is 1. The van der Waals surface area contributed by atoms with E-state index < -0.39 is 0 Å². The molecule has 0 aliphatic carbocycles. The monoisotopic (exact) mass is 295 g/mol. The van der Waals surface area contributed by atoms with E-state index in [1.807, 2.05) is 12.1 Å². The summed E-state index contributed by atoms with van der Waals surface area (Å²) in [4.78, 5) is 0. The third-order valence-corrected chi connectivity index (χ3v) is 2.95. The number of para-hydroxylation sites is 1. The van der Waals surface area contributed by atoms with Gasteiger partial charge in [-0.3, -0.25) is 0 Å². The molecule has 2 aromatic carbocycles. The van der Waals surface area contributed by atoms with Crippen LogP contribution in [0.4, 0.5) is 10.1 Å². The molecular weight excluding hydrogens is 285 g/mol. The van der Waals surface area contributed by atoms with Gasteiger partial charge < -0.3 is 10.5 Å². The maximum Gasteiger partial charge on any atom is 0.151 e. The van der Waals surface area contributed by atoms with E-state index in [1.165, 1.54) is 12.1 Å². The Morgan fingerprint density at radius 3 is 2.71 bits per heavy atom. The van der Waals surface area contributed by atoms with Gasteiger partial charge in [-0.05, 0) is 52.7 Å². The lowest BCUT2D eigenvalue weighted by molar-refractivity contribution is 0.478. The molecule has 4 heteroatoms. The smallest absolute Gasteiger partial charge is 0.151 e. The number of hydrogen-bond acceptors (Lipinski definition) is 2. The summed E-state index contributed by atoms with van der Waals surface area (Å²) in [5.74, 6) is 0.616. The third kappa shape index (κ3) is 2.77. The molecule has 2 N–H and O–H groups in total. The van der Waals surface area contributed by atoms with Crippen LogP contribution in [0.5, 0.6) is 11.5 Å². The number of rotatable bonds is 2. The molecule has 0 saturated heterocycles. The second-order valence-corrected chi connectivity index (χ2v) is 4.57. The van der Waals surface area contributed by atoms with Crippen LogP contribution in [0.1, 0.15) is 5.56 Å². The van der Waals surface area contributed by atoms with Gasteiger partial charge in [0.2, 0.25) is 0 Å². The molecule has 0 aliphatic heterocycles. The molecule has 0 atom stereocenters. The predicted molar refractivity (Wildman–Crippen MR) is 69.8 cm³/mol. The van der Waals surface area contributed by atoms with Crippen LogP contribution >= 0.6 is 15.9 Å². The number of ether oxygens (including phenoxy) is 1. The van der Waals surface area contributed by atoms with Crippen molar-refractivity contribution in [3.63, 3.8) is 0 Å². The zero-order valence-electron chi connectivity index (χ0n) is 9.21. The Hall–Kier alpha value is -1.55. The van der Waals surface area contributed by atoms with Crippen LogP contribution in [0.15, 0.2) is 40.9 Å². The van der Waals surface area contributed by atoms with Crippen LogP contribution in [-0.4, -0.2) is 0 Å². The van der Waals surface area contributed by atoms with Crippen molar-refractivity contribution in [1.29, 1.82) is 0 Å². The molecular formula is C13H11BrFNO. The highest BCUT2D eigenvalue weighted by Crippen LogP contribution is 2.33. The number of halogens is 2. The summed E-state index contributed by atoms with van der Waals surface area (Å²) in [7, 11) is 0. The third-order valence-electron chi connectivity index (χ3n) is 2.26. The Balaban J connectivity index is 2.34. The van der Waals surface area contributed by atoms with Crippen LogP contribution in [0, 0.1) is 12.7 Å². The van der Waals surface area contributed by atoms with Gasteiger partial charge in [0.1, 0.15) is 11.6 Å². The normalized spacial score (nSPS) is 10.3. The van der Waals surface area contributed by atoms with Crippen molar-refractivity contribution in [1.82, 2.24) is 0 Å². The Bertz CT molecular complexity index is 537. The van der Waals surface area contributed by atoms with Crippen molar-refractivity contribution in [2.24, 2.45) is 0 Å². The lowest BCUT2D eigenvalue weighted by Crippen LogP contribution is -1.93. The van der Waals surface area contributed by atoms with Crippen molar-refractivity contribution >= 4 is 21.6 Å². The number of nitrogens with two attached hydrogens (primary N) is 1. The van der Waals surface area contributed by atoms with E-state index in [1.54, 1.807) is 19.1 Å². The summed E-state index contributed by atoms with van der Waals surface area (Å²) in [6.45, 7) is 1.81. The van der Waals surface area contributed by atoms with E-state index in [-0.39, 0.29) is 5.82 Å². The van der Waals surface area contributed by atoms with Gasteiger partial charge in [0, 0.05) is 10.5 Å². The topological polar surface area (TPSA) is 35.2 Å². The van der Waals surface area contributed by atoms with E-state index in [2.05, 4.69) is 15.9 Å². The lowest BCUT2D eigenvalue weighted by Gasteiger charge is -2.10. The van der Waals surface area contributed by atoms with E-state index in [0.29, 0.717) is 17.2 Å². The molecule has 2 rings (SSSR count). The molecule has 0 heterocycles. The minimum absolute atomic E-state index is 0.325. The summed E-state index contributed by atoms with van der Waals surface area (Å²) in [6, 6.07) is 9.88. The first-order valence-electron chi connectivity index (χ1n) is 5.05. The summed E-state index contributed by atoms with van der Waals surface area (Å²) in [6.07, 6.45) is 0. The minimum Gasteiger partial charge on any atom is -0.455 e. The highest BCUT2D eigenvalue weighted by molar-refractivity contribution is 9.10. The second kappa shape index (κ2) is 4.75. The molecule has 0 radical (unpaired) electrons. The van der Waals surface area contributed by atoms with E-state index in [0.717, 1.165) is 10.0 Å². The molecule has 17 heavy (non-hydrogen) atoms. The number of aryl methyl sites for hydroxylation is 1. The van der Waals surface area contributed by atoms with Gasteiger partial charge in [-0.1, -0.05) is 6.07 Å². The van der Waals surface area contributed by atoms with Crippen molar-refractivity contribution < 1.29 is 9.13 Å². The standard InChI is InChI=1S/C13H11BrFNO/c1-8-5-9(15)7-10(6-8)17-12-4-2-3-11(14)13(12)16/h2-7H,16H2,1H3. The van der Waals surface area contributed by atoms with Gasteiger partial charge in [-0.25, -0.2) is 4.39 Å². The lowest BCUT2D eigenvalue weighted by atomic mass is 10.2. The zero-order valence-corrected chi connectivity index (χ0v) is 10.8. The van der Waals surface area contributed by atoms with Gasteiger partial charge in [0.25, 0.3) is 0 Å². The van der Waals surface area contributed by atoms with Gasteiger partial charge in [0.15, 0.2) is 5.75 Å². The van der Waals surface area contributed by atoms with E-state index in [4.69, 9.17) is 10.5 Å². The fraction of sp³-hybridized carbons (Fsp3) is 0.0769. The van der Waals surface area contributed by atoms with Crippen LogP contribution in [0.25, 0.3) is 0 Å². The summed E-state index contributed by atoms with van der Waals surface area (Å²) in [5, 5.41) is 0. The van der Waals surface area contributed by atoms with E-state index >= 15 is 0 Å². The van der Waals surface area contributed by atoms with Crippen LogP contribution in [0.2, 0.25) is 0 Å². The van der Waals surface area contributed by atoms with Crippen molar-refractivity contribution in [3.05, 3.63) is 52.3 Å². The highest BCUT2D eigenvalue weighted by Gasteiger charge is 2.06. The average molecular weight is 296 g/mol. The summed E-state index contributed by atoms with van der Waals surface area (Å²) in [5.41, 5.74) is 7.14. The molecule has 0 saturated carbocycles. The SMILES string of the molecule is Cc1cc(F)cc(Oc2cccc(Br)c2N)c1. The van der Waals surface area contributed by atoms with Crippen LogP contribution in [0.3, 0.4) is 0 Å². The van der Waals surface area contributed by atoms with Crippen molar-refractivity contribution in [3.8, 4) is 11.5 Å². The Kier molecular flexibility index (Phi) is 3.33. The van der Waals surface area contributed by atoms with Gasteiger partial charge in [-0.2, -0.15) is 0 Å². The van der Waals surface area contributed by atoms with Gasteiger partial charge >= 0.3 is 0 Å². The first kappa shape index (κ1) is 11.9.